The molecule has 1 fully saturated rings. The summed E-state index contributed by atoms with van der Waals surface area (Å²) in [6.07, 6.45) is 5.65. The van der Waals surface area contributed by atoms with E-state index in [0.717, 1.165) is 37.2 Å². The molecular weight excluding hydrogens is 200 g/mol. The van der Waals surface area contributed by atoms with Crippen LogP contribution in [0.4, 0.5) is 0 Å². The molecule has 1 aliphatic heterocycles. The van der Waals surface area contributed by atoms with Gasteiger partial charge in [-0.2, -0.15) is 0 Å². The monoisotopic (exact) mass is 214 g/mol. The smallest absolute Gasteiger partial charge is 0.0961 e. The molecule has 78 valence electrons. The number of ether oxygens (including phenoxy) is 1. The highest BCUT2D eigenvalue weighted by Crippen LogP contribution is 2.28. The van der Waals surface area contributed by atoms with Crippen LogP contribution in [0, 0.1) is 0 Å². The molecule has 1 N–H and O–H groups in total. The molecule has 2 rings (SSSR count). The van der Waals surface area contributed by atoms with E-state index in [9.17, 15) is 5.11 Å². The molecule has 0 saturated carbocycles. The fraction of sp³-hybridized carbons (Fsp3) is 0.778. The Hall–Kier alpha value is -0.520. The first kappa shape index (κ1) is 10.0. The van der Waals surface area contributed by atoms with Gasteiger partial charge < -0.3 is 9.84 Å². The molecule has 0 bridgehead atoms. The van der Waals surface area contributed by atoms with Crippen LogP contribution in [0.1, 0.15) is 24.1 Å². The predicted octanol–water partition coefficient (Wildman–Crippen LogP) is 1.01. The summed E-state index contributed by atoms with van der Waals surface area (Å²) in [5.41, 5.74) is -0.369. The van der Waals surface area contributed by atoms with Gasteiger partial charge in [0.1, 0.15) is 0 Å². The fourth-order valence-corrected chi connectivity index (χ4v) is 2.43. The first-order valence-corrected chi connectivity index (χ1v) is 5.63. The van der Waals surface area contributed by atoms with E-state index in [4.69, 9.17) is 4.74 Å². The fourth-order valence-electron chi connectivity index (χ4n) is 1.81. The third-order valence-corrected chi connectivity index (χ3v) is 3.29. The molecule has 1 aromatic heterocycles. The number of aliphatic hydroxyl groups is 1. The molecule has 0 radical (unpaired) electrons. The highest BCUT2D eigenvalue weighted by atomic mass is 32.1. The molecule has 0 aliphatic carbocycles. The Kier molecular flexibility index (Phi) is 3.10. The van der Waals surface area contributed by atoms with Gasteiger partial charge in [0.2, 0.25) is 0 Å². The maximum atomic E-state index is 9.38. The Bertz CT molecular complexity index is 270. The van der Waals surface area contributed by atoms with E-state index >= 15 is 0 Å². The molecule has 1 atom stereocenters. The summed E-state index contributed by atoms with van der Waals surface area (Å²) < 4.78 is 9.50. The van der Waals surface area contributed by atoms with E-state index < -0.39 is 0 Å². The van der Waals surface area contributed by atoms with Gasteiger partial charge in [0.25, 0.3) is 0 Å². The van der Waals surface area contributed by atoms with E-state index in [1.165, 1.54) is 11.5 Å². The van der Waals surface area contributed by atoms with Gasteiger partial charge in [0.05, 0.1) is 18.4 Å². The zero-order chi connectivity index (χ0) is 9.86. The van der Waals surface area contributed by atoms with Crippen LogP contribution >= 0.6 is 11.5 Å². The highest BCUT2D eigenvalue weighted by molar-refractivity contribution is 7.05. The summed E-state index contributed by atoms with van der Waals surface area (Å²) in [5, 5.41) is 13.2. The Morgan fingerprint density at radius 1 is 1.57 bits per heavy atom. The maximum absolute atomic E-state index is 9.38. The number of aromatic nitrogens is 2. The third kappa shape index (κ3) is 2.10. The Morgan fingerprint density at radius 2 is 2.50 bits per heavy atom. The zero-order valence-electron chi connectivity index (χ0n) is 7.98. The van der Waals surface area contributed by atoms with Crippen LogP contribution in [0.5, 0.6) is 0 Å². The third-order valence-electron chi connectivity index (χ3n) is 2.63. The summed E-state index contributed by atoms with van der Waals surface area (Å²) in [6, 6.07) is 0. The average molecular weight is 214 g/mol. The number of hydrogen-bond donors (Lipinski definition) is 1. The van der Waals surface area contributed by atoms with Gasteiger partial charge in [-0.1, -0.05) is 4.49 Å². The lowest BCUT2D eigenvalue weighted by molar-refractivity contribution is -0.106. The predicted molar refractivity (Wildman–Crippen MR) is 53.2 cm³/mol. The van der Waals surface area contributed by atoms with Crippen LogP contribution in [0.3, 0.4) is 0 Å². The molecule has 1 aliphatic rings. The second kappa shape index (κ2) is 4.33. The quantitative estimate of drug-likeness (QED) is 0.816. The van der Waals surface area contributed by atoms with Crippen molar-refractivity contribution in [3.05, 3.63) is 11.1 Å². The normalized spacial score (nSPS) is 27.8. The summed E-state index contributed by atoms with van der Waals surface area (Å²) in [7, 11) is 0. The van der Waals surface area contributed by atoms with E-state index in [2.05, 4.69) is 9.59 Å². The van der Waals surface area contributed by atoms with E-state index in [-0.39, 0.29) is 12.2 Å². The maximum Gasteiger partial charge on any atom is 0.0961 e. The van der Waals surface area contributed by atoms with Gasteiger partial charge in [-0.25, -0.2) is 0 Å². The highest BCUT2D eigenvalue weighted by Gasteiger charge is 2.33. The van der Waals surface area contributed by atoms with Crippen LogP contribution in [-0.2, 0) is 11.2 Å². The summed E-state index contributed by atoms with van der Waals surface area (Å²) in [6.45, 7) is 0.845. The molecule has 2 heterocycles. The van der Waals surface area contributed by atoms with Crippen LogP contribution in [0.2, 0.25) is 0 Å². The number of hydrogen-bond acceptors (Lipinski definition) is 5. The molecule has 0 amide bonds. The minimum atomic E-state index is -0.369. The number of rotatable bonds is 3. The SMILES string of the molecule is OCC1(Cc2cnns2)CCCCO1. The molecular formula is C9H14N2O2S. The van der Waals surface area contributed by atoms with Crippen LogP contribution in [0.25, 0.3) is 0 Å². The van der Waals surface area contributed by atoms with E-state index in [0.29, 0.717) is 0 Å². The zero-order valence-corrected chi connectivity index (χ0v) is 8.79. The Labute approximate surface area is 87.1 Å². The van der Waals surface area contributed by atoms with Crippen molar-refractivity contribution >= 4 is 11.5 Å². The number of aliphatic hydroxyl groups excluding tert-OH is 1. The van der Waals surface area contributed by atoms with Crippen molar-refractivity contribution < 1.29 is 9.84 Å². The molecule has 5 heteroatoms. The van der Waals surface area contributed by atoms with Crippen molar-refractivity contribution in [1.29, 1.82) is 0 Å². The first-order chi connectivity index (χ1) is 6.85. The molecule has 0 spiro atoms. The molecule has 4 nitrogen and oxygen atoms in total. The lowest BCUT2D eigenvalue weighted by atomic mass is 9.91. The van der Waals surface area contributed by atoms with Gasteiger partial charge in [0.15, 0.2) is 0 Å². The van der Waals surface area contributed by atoms with Crippen molar-refractivity contribution in [2.24, 2.45) is 0 Å². The minimum Gasteiger partial charge on any atom is -0.393 e. The van der Waals surface area contributed by atoms with Gasteiger partial charge in [-0.3, -0.25) is 0 Å². The summed E-state index contributed by atoms with van der Waals surface area (Å²) >= 11 is 1.38. The number of nitrogens with zero attached hydrogens (tertiary/aromatic N) is 2. The second-order valence-electron chi connectivity index (χ2n) is 3.71. The van der Waals surface area contributed by atoms with Gasteiger partial charge in [-0.15, -0.1) is 5.10 Å². The van der Waals surface area contributed by atoms with Crippen molar-refractivity contribution in [2.75, 3.05) is 13.2 Å². The van der Waals surface area contributed by atoms with Gasteiger partial charge in [0, 0.05) is 17.9 Å². The molecule has 14 heavy (non-hydrogen) atoms. The molecule has 1 saturated heterocycles. The van der Waals surface area contributed by atoms with Crippen LogP contribution in [-0.4, -0.2) is 33.5 Å². The lowest BCUT2D eigenvalue weighted by Gasteiger charge is -2.35. The average Bonchev–Trinajstić information content (AvgIpc) is 2.72. The second-order valence-corrected chi connectivity index (χ2v) is 4.58. The van der Waals surface area contributed by atoms with Gasteiger partial charge in [-0.05, 0) is 30.8 Å². The Balaban J connectivity index is 2.04. The van der Waals surface area contributed by atoms with E-state index in [1.54, 1.807) is 6.20 Å². The molecule has 0 aromatic carbocycles. The summed E-state index contributed by atoms with van der Waals surface area (Å²) in [5.74, 6) is 0. The van der Waals surface area contributed by atoms with Crippen molar-refractivity contribution in [1.82, 2.24) is 9.59 Å². The molecule has 1 aromatic rings. The molecule has 1 unspecified atom stereocenters. The van der Waals surface area contributed by atoms with Crippen LogP contribution in [0.15, 0.2) is 6.20 Å². The minimum absolute atomic E-state index is 0.0882. The lowest BCUT2D eigenvalue weighted by Crippen LogP contribution is -2.41. The summed E-state index contributed by atoms with van der Waals surface area (Å²) in [4.78, 5) is 1.08. The van der Waals surface area contributed by atoms with Crippen molar-refractivity contribution in [3.63, 3.8) is 0 Å². The largest absolute Gasteiger partial charge is 0.393 e. The van der Waals surface area contributed by atoms with Crippen molar-refractivity contribution in [2.45, 2.75) is 31.3 Å². The standard InChI is InChI=1S/C9H14N2O2S/c12-7-9(3-1-2-4-13-9)5-8-6-10-11-14-8/h6,12H,1-5,7H2. The van der Waals surface area contributed by atoms with Crippen LogP contribution < -0.4 is 0 Å². The van der Waals surface area contributed by atoms with Gasteiger partial charge >= 0.3 is 0 Å². The van der Waals surface area contributed by atoms with Crippen molar-refractivity contribution in [3.8, 4) is 0 Å². The first-order valence-electron chi connectivity index (χ1n) is 4.86. The van der Waals surface area contributed by atoms with E-state index in [1.807, 2.05) is 0 Å². The topological polar surface area (TPSA) is 55.2 Å². The Morgan fingerprint density at radius 3 is 3.07 bits per heavy atom.